The van der Waals surface area contributed by atoms with E-state index in [9.17, 15) is 5.11 Å². The summed E-state index contributed by atoms with van der Waals surface area (Å²) in [6.07, 6.45) is 0. The van der Waals surface area contributed by atoms with E-state index in [1.165, 1.54) is 33.4 Å². The van der Waals surface area contributed by atoms with Crippen LogP contribution in [0.3, 0.4) is 0 Å². The van der Waals surface area contributed by atoms with Crippen LogP contribution in [-0.4, -0.2) is 5.11 Å². The Balaban J connectivity index is 2.98. The third kappa shape index (κ3) is 4.55. The summed E-state index contributed by atoms with van der Waals surface area (Å²) in [6.45, 7) is 26.7. The van der Waals surface area contributed by atoms with Crippen LogP contribution in [0.15, 0.2) is 18.2 Å². The average molecular weight is 395 g/mol. The molecule has 0 aromatic heterocycles. The second-order valence-electron chi connectivity index (χ2n) is 11.4. The summed E-state index contributed by atoms with van der Waals surface area (Å²) in [5.41, 5.74) is 9.79. The van der Waals surface area contributed by atoms with E-state index in [1.807, 2.05) is 0 Å². The lowest BCUT2D eigenvalue weighted by Gasteiger charge is -2.29. The Hall–Kier alpha value is -1.76. The molecule has 0 aliphatic heterocycles. The predicted molar refractivity (Wildman–Crippen MR) is 129 cm³/mol. The number of phenolic OH excluding ortho intramolecular Hbond substituents is 1. The molecule has 0 aliphatic carbocycles. The minimum absolute atomic E-state index is 0.00335. The van der Waals surface area contributed by atoms with Crippen molar-refractivity contribution in [1.29, 1.82) is 0 Å². The molecule has 29 heavy (non-hydrogen) atoms. The summed E-state index contributed by atoms with van der Waals surface area (Å²) in [6, 6.07) is 7.03. The maximum Gasteiger partial charge on any atom is 0.126 e. The van der Waals surface area contributed by atoms with Crippen molar-refractivity contribution >= 4 is 0 Å². The van der Waals surface area contributed by atoms with Crippen LogP contribution in [0.4, 0.5) is 0 Å². The number of hydrogen-bond donors (Lipinski definition) is 1. The molecule has 1 heteroatoms. The van der Waals surface area contributed by atoms with Gasteiger partial charge in [0, 0.05) is 5.56 Å². The highest BCUT2D eigenvalue weighted by molar-refractivity contribution is 5.80. The Bertz CT molecular complexity index is 900. The van der Waals surface area contributed by atoms with E-state index >= 15 is 0 Å². The van der Waals surface area contributed by atoms with Gasteiger partial charge in [0.2, 0.25) is 0 Å². The molecule has 0 bridgehead atoms. The molecule has 2 rings (SSSR count). The molecule has 1 nitrogen and oxygen atoms in total. The Morgan fingerprint density at radius 1 is 0.690 bits per heavy atom. The van der Waals surface area contributed by atoms with Crippen LogP contribution in [0.2, 0.25) is 0 Å². The number of rotatable bonds is 3. The largest absolute Gasteiger partial charge is 0.507 e. The maximum absolute atomic E-state index is 11.5. The summed E-state index contributed by atoms with van der Waals surface area (Å²) in [7, 11) is 0. The van der Waals surface area contributed by atoms with Gasteiger partial charge in [0.05, 0.1) is 0 Å². The molecular weight excluding hydrogens is 352 g/mol. The molecular formula is C28H42O. The lowest BCUT2D eigenvalue weighted by molar-refractivity contribution is 0.466. The zero-order chi connectivity index (χ0) is 22.5. The third-order valence-electron chi connectivity index (χ3n) is 6.11. The van der Waals surface area contributed by atoms with Crippen molar-refractivity contribution in [2.75, 3.05) is 0 Å². The highest BCUT2D eigenvalue weighted by Crippen LogP contribution is 2.46. The molecule has 2 aromatic carbocycles. The van der Waals surface area contributed by atoms with E-state index in [0.717, 1.165) is 11.1 Å². The van der Waals surface area contributed by atoms with Gasteiger partial charge in [-0.3, -0.25) is 0 Å². The van der Waals surface area contributed by atoms with Crippen molar-refractivity contribution in [2.45, 2.75) is 106 Å². The Labute approximate surface area is 179 Å². The molecule has 0 fully saturated rings. The zero-order valence-corrected chi connectivity index (χ0v) is 20.8. The Morgan fingerprint density at radius 2 is 1.14 bits per heavy atom. The lowest BCUT2D eigenvalue weighted by atomic mass is 9.75. The van der Waals surface area contributed by atoms with E-state index in [4.69, 9.17) is 0 Å². The first-order valence-corrected chi connectivity index (χ1v) is 11.1. The fourth-order valence-electron chi connectivity index (χ4n) is 4.53. The third-order valence-corrected chi connectivity index (χ3v) is 6.11. The molecule has 0 heterocycles. The van der Waals surface area contributed by atoms with Crippen molar-refractivity contribution < 1.29 is 5.11 Å². The van der Waals surface area contributed by atoms with Gasteiger partial charge in [-0.15, -0.1) is 0 Å². The first-order valence-electron chi connectivity index (χ1n) is 11.1. The molecule has 2 aromatic rings. The molecule has 0 radical (unpaired) electrons. The van der Waals surface area contributed by atoms with E-state index in [2.05, 4.69) is 101 Å². The number of aromatic hydroxyl groups is 1. The van der Waals surface area contributed by atoms with E-state index in [-0.39, 0.29) is 10.8 Å². The summed E-state index contributed by atoms with van der Waals surface area (Å²) < 4.78 is 0. The van der Waals surface area contributed by atoms with Crippen molar-refractivity contribution in [2.24, 2.45) is 0 Å². The smallest absolute Gasteiger partial charge is 0.126 e. The molecule has 0 unspecified atom stereocenters. The Morgan fingerprint density at radius 3 is 1.55 bits per heavy atom. The van der Waals surface area contributed by atoms with Gasteiger partial charge >= 0.3 is 0 Å². The zero-order valence-electron chi connectivity index (χ0n) is 20.8. The lowest BCUT2D eigenvalue weighted by Crippen LogP contribution is -2.16. The monoisotopic (exact) mass is 394 g/mol. The topological polar surface area (TPSA) is 20.2 Å². The van der Waals surface area contributed by atoms with Crippen LogP contribution in [0.25, 0.3) is 11.1 Å². The summed E-state index contributed by atoms with van der Waals surface area (Å²) >= 11 is 0. The average Bonchev–Trinajstić information content (AvgIpc) is 2.53. The van der Waals surface area contributed by atoms with Crippen molar-refractivity contribution in [1.82, 2.24) is 0 Å². The van der Waals surface area contributed by atoms with Gasteiger partial charge in [-0.2, -0.15) is 0 Å². The SMILES string of the molecule is Cc1cc(-c2c(C(C)C)cc(C(C)(C)C)c(C)c2O)c(C(C)C)cc1C(C)(C)C. The van der Waals surface area contributed by atoms with Gasteiger partial charge in [-0.05, 0) is 75.5 Å². The molecule has 0 spiro atoms. The van der Waals surface area contributed by atoms with Crippen LogP contribution < -0.4 is 0 Å². The van der Waals surface area contributed by atoms with E-state index in [1.54, 1.807) is 0 Å². The van der Waals surface area contributed by atoms with Crippen LogP contribution in [0, 0.1) is 13.8 Å². The molecule has 160 valence electrons. The molecule has 0 amide bonds. The maximum atomic E-state index is 11.5. The highest BCUT2D eigenvalue weighted by Gasteiger charge is 2.27. The van der Waals surface area contributed by atoms with Crippen molar-refractivity contribution in [3.63, 3.8) is 0 Å². The number of benzene rings is 2. The van der Waals surface area contributed by atoms with Gasteiger partial charge in [-0.1, -0.05) is 87.4 Å². The van der Waals surface area contributed by atoms with Gasteiger partial charge in [0.15, 0.2) is 0 Å². The summed E-state index contributed by atoms with van der Waals surface area (Å²) in [5.74, 6) is 1.17. The predicted octanol–water partition coefficient (Wildman–Crippen LogP) is 8.52. The molecule has 0 saturated heterocycles. The molecule has 0 aliphatic rings. The minimum atomic E-state index is -0.00335. The number of aryl methyl sites for hydroxylation is 1. The number of hydrogen-bond acceptors (Lipinski definition) is 1. The van der Waals surface area contributed by atoms with Crippen molar-refractivity contribution in [3.8, 4) is 16.9 Å². The van der Waals surface area contributed by atoms with Crippen LogP contribution in [-0.2, 0) is 10.8 Å². The normalized spacial score (nSPS) is 12.9. The molecule has 1 N–H and O–H groups in total. The van der Waals surface area contributed by atoms with Gasteiger partial charge in [-0.25, -0.2) is 0 Å². The van der Waals surface area contributed by atoms with Crippen molar-refractivity contribution in [3.05, 3.63) is 51.6 Å². The summed E-state index contributed by atoms with van der Waals surface area (Å²) in [4.78, 5) is 0. The first kappa shape index (κ1) is 23.5. The number of phenols is 1. The Kier molecular flexibility index (Phi) is 6.34. The standard InChI is InChI=1S/C28H42O/c1-16(2)20-14-23(27(7,8)9)18(5)13-22(20)25-21(17(3)4)15-24(28(10,11)12)19(6)26(25)29/h13-17,29H,1-12H3. The second-order valence-corrected chi connectivity index (χ2v) is 11.4. The fraction of sp³-hybridized carbons (Fsp3) is 0.571. The van der Waals surface area contributed by atoms with E-state index < -0.39 is 0 Å². The molecule has 0 atom stereocenters. The highest BCUT2D eigenvalue weighted by atomic mass is 16.3. The fourth-order valence-corrected chi connectivity index (χ4v) is 4.53. The van der Waals surface area contributed by atoms with Gasteiger partial charge < -0.3 is 5.11 Å². The minimum Gasteiger partial charge on any atom is -0.507 e. The molecule has 0 saturated carbocycles. The van der Waals surface area contributed by atoms with Crippen LogP contribution >= 0.6 is 0 Å². The second kappa shape index (κ2) is 7.82. The van der Waals surface area contributed by atoms with Gasteiger partial charge in [0.1, 0.15) is 5.75 Å². The first-order chi connectivity index (χ1) is 13.1. The summed E-state index contributed by atoms with van der Waals surface area (Å²) in [5, 5.41) is 11.5. The van der Waals surface area contributed by atoms with Crippen LogP contribution in [0.1, 0.15) is 114 Å². The van der Waals surface area contributed by atoms with E-state index in [0.29, 0.717) is 17.6 Å². The quantitative estimate of drug-likeness (QED) is 0.553. The van der Waals surface area contributed by atoms with Gasteiger partial charge in [0.25, 0.3) is 0 Å². The van der Waals surface area contributed by atoms with Crippen LogP contribution in [0.5, 0.6) is 5.75 Å².